The molecule has 8 heteroatoms. The third kappa shape index (κ3) is 5.39. The summed E-state index contributed by atoms with van der Waals surface area (Å²) in [7, 11) is 0. The van der Waals surface area contributed by atoms with Crippen molar-refractivity contribution in [1.82, 2.24) is 4.90 Å². The second-order valence-corrected chi connectivity index (χ2v) is 9.22. The predicted octanol–water partition coefficient (Wildman–Crippen LogP) is 5.70. The molecule has 2 aromatic carbocycles. The van der Waals surface area contributed by atoms with Gasteiger partial charge in [-0.05, 0) is 82.7 Å². The van der Waals surface area contributed by atoms with E-state index in [1.54, 1.807) is 12.1 Å². The molecule has 1 fully saturated rings. The van der Waals surface area contributed by atoms with Gasteiger partial charge >= 0.3 is 0 Å². The molecule has 154 valence electrons. The third-order valence-corrected chi connectivity index (χ3v) is 6.29. The average molecular weight is 598 g/mol. The Hall–Kier alpha value is -1.96. The van der Waals surface area contributed by atoms with Crippen LogP contribution in [0.15, 0.2) is 45.8 Å². The average Bonchev–Trinajstić information content (AvgIpc) is 2.96. The smallest absolute Gasteiger partial charge is 0.293 e. The molecule has 30 heavy (non-hydrogen) atoms. The van der Waals surface area contributed by atoms with E-state index in [9.17, 15) is 9.59 Å². The Kier molecular flexibility index (Phi) is 7.86. The number of nitrogens with zero attached hydrogens (tertiary/aromatic N) is 1. The monoisotopic (exact) mass is 597 g/mol. The van der Waals surface area contributed by atoms with Gasteiger partial charge in [0.2, 0.25) is 0 Å². The summed E-state index contributed by atoms with van der Waals surface area (Å²) in [5, 5.41) is -0.289. The normalized spacial score (nSPS) is 14.9. The number of hydrogen-bond donors (Lipinski definition) is 0. The Balaban J connectivity index is 1.85. The quantitative estimate of drug-likeness (QED) is 0.233. The maximum absolute atomic E-state index is 12.8. The van der Waals surface area contributed by atoms with Gasteiger partial charge in [0.15, 0.2) is 11.5 Å². The molecule has 2 amide bonds. The summed E-state index contributed by atoms with van der Waals surface area (Å²) in [4.78, 5) is 26.9. The fourth-order valence-corrected chi connectivity index (χ4v) is 4.63. The standard InChI is InChI=1S/C22H17BrINO4S/c1-3-9-29-20-17(24)10-15(11-18(20)28-4-2)12-19-21(26)25(22(27)30-19)13-14-5-7-16(23)8-6-14/h1,5-8,10-12H,4,9,13H2,2H3/b19-12-. The molecule has 0 aromatic heterocycles. The van der Waals surface area contributed by atoms with Crippen LogP contribution in [-0.2, 0) is 11.3 Å². The number of ether oxygens (including phenoxy) is 2. The van der Waals surface area contributed by atoms with Crippen LogP contribution >= 0.6 is 50.3 Å². The number of carbonyl (C=O) groups is 2. The highest BCUT2D eigenvalue weighted by Crippen LogP contribution is 2.37. The van der Waals surface area contributed by atoms with Gasteiger partial charge in [0, 0.05) is 4.47 Å². The molecule has 3 rings (SSSR count). The fraction of sp³-hybridized carbons (Fsp3) is 0.182. The number of amides is 2. The molecule has 1 heterocycles. The van der Waals surface area contributed by atoms with Crippen molar-refractivity contribution in [2.75, 3.05) is 13.2 Å². The van der Waals surface area contributed by atoms with Crippen molar-refractivity contribution in [2.45, 2.75) is 13.5 Å². The molecular formula is C22H17BrINO4S. The molecule has 1 aliphatic rings. The summed E-state index contributed by atoms with van der Waals surface area (Å²) < 4.78 is 13.0. The zero-order chi connectivity index (χ0) is 21.7. The summed E-state index contributed by atoms with van der Waals surface area (Å²) in [6.07, 6.45) is 6.98. The highest BCUT2D eigenvalue weighted by atomic mass is 127. The molecule has 5 nitrogen and oxygen atoms in total. The molecule has 0 bridgehead atoms. The number of carbonyl (C=O) groups excluding carboxylic acids is 2. The largest absolute Gasteiger partial charge is 0.490 e. The van der Waals surface area contributed by atoms with Gasteiger partial charge in [0.05, 0.1) is 21.6 Å². The van der Waals surface area contributed by atoms with Crippen molar-refractivity contribution in [3.63, 3.8) is 0 Å². The van der Waals surface area contributed by atoms with Crippen LogP contribution < -0.4 is 9.47 Å². The molecule has 1 aliphatic heterocycles. The molecule has 0 spiro atoms. The minimum atomic E-state index is -0.312. The van der Waals surface area contributed by atoms with Gasteiger partial charge in [-0.2, -0.15) is 0 Å². The Labute approximate surface area is 201 Å². The minimum absolute atomic E-state index is 0.129. The molecule has 0 aliphatic carbocycles. The van der Waals surface area contributed by atoms with E-state index in [0.717, 1.165) is 30.9 Å². The summed E-state index contributed by atoms with van der Waals surface area (Å²) >= 11 is 6.44. The minimum Gasteiger partial charge on any atom is -0.490 e. The molecule has 0 unspecified atom stereocenters. The summed E-state index contributed by atoms with van der Waals surface area (Å²) in [6.45, 7) is 2.69. The van der Waals surface area contributed by atoms with E-state index >= 15 is 0 Å². The zero-order valence-electron chi connectivity index (χ0n) is 16.0. The highest BCUT2D eigenvalue weighted by Gasteiger charge is 2.35. The molecule has 2 aromatic rings. The van der Waals surface area contributed by atoms with Crippen molar-refractivity contribution in [2.24, 2.45) is 0 Å². The maximum atomic E-state index is 12.8. The topological polar surface area (TPSA) is 55.8 Å². The van der Waals surface area contributed by atoms with E-state index in [1.807, 2.05) is 37.3 Å². The first-order chi connectivity index (χ1) is 14.4. The van der Waals surface area contributed by atoms with E-state index in [1.165, 1.54) is 4.90 Å². The first-order valence-electron chi connectivity index (χ1n) is 8.95. The van der Waals surface area contributed by atoms with Gasteiger partial charge < -0.3 is 9.47 Å². The lowest BCUT2D eigenvalue weighted by molar-refractivity contribution is -0.123. The lowest BCUT2D eigenvalue weighted by atomic mass is 10.1. The van der Waals surface area contributed by atoms with E-state index in [-0.39, 0.29) is 24.3 Å². The molecule has 0 atom stereocenters. The van der Waals surface area contributed by atoms with Gasteiger partial charge in [0.1, 0.15) is 6.61 Å². The SMILES string of the molecule is C#CCOc1c(I)cc(/C=C2\SC(=O)N(Cc3ccc(Br)cc3)C2=O)cc1OCC. The third-order valence-electron chi connectivity index (χ3n) is 4.06. The summed E-state index contributed by atoms with van der Waals surface area (Å²) in [5.41, 5.74) is 1.62. The lowest BCUT2D eigenvalue weighted by Crippen LogP contribution is -2.27. The number of rotatable bonds is 7. The van der Waals surface area contributed by atoms with Gasteiger partial charge in [-0.1, -0.05) is 34.0 Å². The van der Waals surface area contributed by atoms with Crippen molar-refractivity contribution in [3.8, 4) is 23.8 Å². The number of thioether (sulfide) groups is 1. The fourth-order valence-electron chi connectivity index (χ4n) is 2.75. The predicted molar refractivity (Wildman–Crippen MR) is 130 cm³/mol. The molecule has 0 saturated carbocycles. The number of benzene rings is 2. The summed E-state index contributed by atoms with van der Waals surface area (Å²) in [5.74, 6) is 3.23. The second kappa shape index (κ2) is 10.4. The van der Waals surface area contributed by atoms with Crippen LogP contribution in [-0.4, -0.2) is 29.3 Å². The highest BCUT2D eigenvalue weighted by molar-refractivity contribution is 14.1. The van der Waals surface area contributed by atoms with E-state index in [0.29, 0.717) is 23.0 Å². The Morgan fingerprint density at radius 2 is 1.97 bits per heavy atom. The second-order valence-electron chi connectivity index (χ2n) is 6.15. The van der Waals surface area contributed by atoms with Crippen molar-refractivity contribution in [1.29, 1.82) is 0 Å². The van der Waals surface area contributed by atoms with Crippen LogP contribution in [0, 0.1) is 15.9 Å². The van der Waals surface area contributed by atoms with Crippen molar-refractivity contribution >= 4 is 67.5 Å². The molecular weight excluding hydrogens is 581 g/mol. The van der Waals surface area contributed by atoms with Gasteiger partial charge in [-0.15, -0.1) is 6.42 Å². The zero-order valence-corrected chi connectivity index (χ0v) is 20.5. The maximum Gasteiger partial charge on any atom is 0.293 e. The first kappa shape index (κ1) is 22.7. The Bertz CT molecular complexity index is 1050. The van der Waals surface area contributed by atoms with E-state index in [2.05, 4.69) is 44.4 Å². The van der Waals surface area contributed by atoms with Crippen LogP contribution in [0.5, 0.6) is 11.5 Å². The Morgan fingerprint density at radius 3 is 2.63 bits per heavy atom. The number of hydrogen-bond acceptors (Lipinski definition) is 5. The molecule has 1 saturated heterocycles. The van der Waals surface area contributed by atoms with Crippen LogP contribution in [0.3, 0.4) is 0 Å². The summed E-state index contributed by atoms with van der Waals surface area (Å²) in [6, 6.07) is 11.2. The van der Waals surface area contributed by atoms with Crippen molar-refractivity contribution < 1.29 is 19.1 Å². The van der Waals surface area contributed by atoms with Crippen molar-refractivity contribution in [3.05, 3.63) is 60.5 Å². The number of imide groups is 1. The van der Waals surface area contributed by atoms with Gasteiger partial charge in [-0.3, -0.25) is 14.5 Å². The number of halogens is 2. The number of terminal acetylenes is 1. The van der Waals surface area contributed by atoms with Gasteiger partial charge in [-0.25, -0.2) is 0 Å². The Morgan fingerprint density at radius 1 is 1.23 bits per heavy atom. The van der Waals surface area contributed by atoms with Crippen LogP contribution in [0.25, 0.3) is 6.08 Å². The first-order valence-corrected chi connectivity index (χ1v) is 11.6. The van der Waals surface area contributed by atoms with Crippen LogP contribution in [0.2, 0.25) is 0 Å². The van der Waals surface area contributed by atoms with Crippen LogP contribution in [0.4, 0.5) is 4.79 Å². The van der Waals surface area contributed by atoms with Gasteiger partial charge in [0.25, 0.3) is 11.1 Å². The van der Waals surface area contributed by atoms with E-state index < -0.39 is 0 Å². The van der Waals surface area contributed by atoms with Crippen LogP contribution in [0.1, 0.15) is 18.1 Å². The lowest BCUT2D eigenvalue weighted by Gasteiger charge is -2.14. The molecule has 0 N–H and O–H groups in total. The van der Waals surface area contributed by atoms with E-state index in [4.69, 9.17) is 15.9 Å². The molecule has 0 radical (unpaired) electrons.